The topological polar surface area (TPSA) is 264 Å². The van der Waals surface area contributed by atoms with Gasteiger partial charge in [0.1, 0.15) is 17.9 Å². The summed E-state index contributed by atoms with van der Waals surface area (Å²) in [5.41, 5.74) is -1.06. The molecule has 17 heteroatoms. The molecule has 320 valence electrons. The molecule has 0 spiro atoms. The Morgan fingerprint density at radius 3 is 1.96 bits per heavy atom. The van der Waals surface area contributed by atoms with Gasteiger partial charge < -0.3 is 50.9 Å². The smallest absolute Gasteiger partial charge is 0.326 e. The average molecular weight is 799 g/mol. The summed E-state index contributed by atoms with van der Waals surface area (Å²) in [6.07, 6.45) is 1.81. The first kappa shape index (κ1) is 49.9. The molecule has 1 fully saturated rings. The Morgan fingerprint density at radius 2 is 1.39 bits per heavy atom. The molecule has 4 atom stereocenters. The molecule has 7 N–H and O–H groups in total. The number of ether oxygens (including phenoxy) is 2. The fourth-order valence-electron chi connectivity index (χ4n) is 6.20. The van der Waals surface area contributed by atoms with E-state index in [1.807, 2.05) is 34.6 Å². The van der Waals surface area contributed by atoms with Crippen LogP contribution >= 0.6 is 0 Å². The largest absolute Gasteiger partial charge is 0.481 e. The van der Waals surface area contributed by atoms with Gasteiger partial charge in [0, 0.05) is 44.7 Å². The normalized spacial score (nSPS) is 18.1. The Morgan fingerprint density at radius 1 is 0.768 bits per heavy atom. The third kappa shape index (κ3) is 21.3. The molecule has 0 bridgehead atoms. The number of carboxylic acid groups (broad SMARTS) is 3. The van der Waals surface area contributed by atoms with Crippen LogP contribution in [0.15, 0.2) is 0 Å². The summed E-state index contributed by atoms with van der Waals surface area (Å²) in [6.45, 7) is 13.4. The lowest BCUT2D eigenvalue weighted by Gasteiger charge is -2.31. The van der Waals surface area contributed by atoms with Crippen LogP contribution in [0.1, 0.15) is 126 Å². The lowest BCUT2D eigenvalue weighted by Crippen LogP contribution is -2.48. The summed E-state index contributed by atoms with van der Waals surface area (Å²) in [6, 6.07) is -2.57. The molecule has 0 radical (unpaired) electrons. The van der Waals surface area contributed by atoms with Gasteiger partial charge in [0.15, 0.2) is 0 Å². The number of carbonyl (C=O) groups excluding carboxylic acids is 5. The fraction of sp³-hybridized carbons (Fsp3) is 0.795. The maximum Gasteiger partial charge on any atom is 0.326 e. The van der Waals surface area contributed by atoms with Crippen LogP contribution in [0.3, 0.4) is 0 Å². The molecule has 0 aromatic heterocycles. The van der Waals surface area contributed by atoms with Crippen molar-refractivity contribution < 1.29 is 63.1 Å². The van der Waals surface area contributed by atoms with Gasteiger partial charge in [-0.3, -0.25) is 28.8 Å². The third-order valence-corrected chi connectivity index (χ3v) is 10.4. The zero-order valence-electron chi connectivity index (χ0n) is 34.2. The van der Waals surface area contributed by atoms with Gasteiger partial charge in [-0.2, -0.15) is 0 Å². The van der Waals surface area contributed by atoms with Crippen molar-refractivity contribution in [1.82, 2.24) is 21.3 Å². The molecule has 4 unspecified atom stereocenters. The Balaban J connectivity index is 2.55. The Labute approximate surface area is 330 Å². The van der Waals surface area contributed by atoms with Gasteiger partial charge in [0.2, 0.25) is 23.6 Å². The van der Waals surface area contributed by atoms with Gasteiger partial charge in [0.25, 0.3) is 0 Å². The number of amides is 4. The van der Waals surface area contributed by atoms with Crippen LogP contribution in [0.5, 0.6) is 0 Å². The average Bonchev–Trinajstić information content (AvgIpc) is 3.10. The van der Waals surface area contributed by atoms with Crippen molar-refractivity contribution >= 4 is 47.3 Å². The number of hydrogen-bond acceptors (Lipinski definition) is 10. The number of carbonyl (C=O) groups is 8. The molecule has 17 nitrogen and oxygen atoms in total. The Hall–Kier alpha value is -4.12. The number of nitrogens with one attached hydrogen (secondary N) is 4. The van der Waals surface area contributed by atoms with Crippen LogP contribution in [-0.2, 0) is 47.8 Å². The zero-order valence-corrected chi connectivity index (χ0v) is 34.2. The Kier molecular flexibility index (Phi) is 21.8. The fourth-order valence-corrected chi connectivity index (χ4v) is 6.20. The first-order chi connectivity index (χ1) is 26.0. The van der Waals surface area contributed by atoms with Crippen molar-refractivity contribution in [3.8, 4) is 0 Å². The summed E-state index contributed by atoms with van der Waals surface area (Å²) in [5, 5.41) is 38.6. The summed E-state index contributed by atoms with van der Waals surface area (Å²) in [4.78, 5) is 96.9. The van der Waals surface area contributed by atoms with E-state index in [1.54, 1.807) is 6.92 Å². The minimum absolute atomic E-state index is 0.0441. The molecular formula is C39H66N4O13. The van der Waals surface area contributed by atoms with E-state index in [0.29, 0.717) is 45.1 Å². The highest BCUT2D eigenvalue weighted by molar-refractivity contribution is 5.89. The molecule has 56 heavy (non-hydrogen) atoms. The van der Waals surface area contributed by atoms with Crippen LogP contribution in [0.25, 0.3) is 0 Å². The number of rotatable bonds is 28. The number of aliphatic carboxylic acids is 3. The summed E-state index contributed by atoms with van der Waals surface area (Å²) in [7, 11) is 0. The van der Waals surface area contributed by atoms with Crippen molar-refractivity contribution in [2.45, 2.75) is 149 Å². The SMILES string of the molecule is CC(=O)CCC(C)(C)OCC(C)OCCNC(=O)C(CCC(=O)O)NC(=O)CCC(NC(=O)C1CCC(CNC(=O)CC(C)C(C)(C)CC(=O)O)CC1)C(=O)O. The van der Waals surface area contributed by atoms with Gasteiger partial charge in [-0.1, -0.05) is 20.8 Å². The first-order valence-corrected chi connectivity index (χ1v) is 19.6. The minimum Gasteiger partial charge on any atom is -0.481 e. The van der Waals surface area contributed by atoms with E-state index in [1.165, 1.54) is 6.92 Å². The van der Waals surface area contributed by atoms with Gasteiger partial charge in [-0.25, -0.2) is 4.79 Å². The lowest BCUT2D eigenvalue weighted by atomic mass is 9.75. The minimum atomic E-state index is -1.37. The van der Waals surface area contributed by atoms with Crippen molar-refractivity contribution in [3.05, 3.63) is 0 Å². The van der Waals surface area contributed by atoms with E-state index in [0.717, 1.165) is 0 Å². The summed E-state index contributed by atoms with van der Waals surface area (Å²) >= 11 is 0. The molecule has 0 heterocycles. The Bertz CT molecular complexity index is 1340. The van der Waals surface area contributed by atoms with E-state index in [9.17, 15) is 43.5 Å². The van der Waals surface area contributed by atoms with Crippen LogP contribution < -0.4 is 21.3 Å². The highest BCUT2D eigenvalue weighted by atomic mass is 16.5. The summed E-state index contributed by atoms with van der Waals surface area (Å²) in [5.74, 6) is -5.74. The van der Waals surface area contributed by atoms with Crippen molar-refractivity contribution in [1.29, 1.82) is 0 Å². The van der Waals surface area contributed by atoms with Crippen molar-refractivity contribution in [2.75, 3.05) is 26.3 Å². The molecule has 0 aromatic rings. The van der Waals surface area contributed by atoms with Gasteiger partial charge >= 0.3 is 17.9 Å². The molecule has 0 saturated heterocycles. The van der Waals surface area contributed by atoms with E-state index in [4.69, 9.17) is 19.7 Å². The van der Waals surface area contributed by atoms with E-state index < -0.39 is 71.1 Å². The van der Waals surface area contributed by atoms with Crippen LogP contribution in [0, 0.1) is 23.2 Å². The standard InChI is InChI=1S/C39H66N4O13/c1-24(38(4,5)21-34(49)50)20-32(46)41-22-27-8-10-28(11-9-27)35(51)43-30(37(53)54)12-14-31(45)42-29(13-15-33(47)48)36(52)40-18-19-55-26(3)23-56-39(6,7)17-16-25(2)44/h24,26-30H,8-23H2,1-7H3,(H,40,52)(H,41,46)(H,42,45)(H,43,51)(H,47,48)(H,49,50)(H,53,54). The maximum atomic E-state index is 13.0. The monoisotopic (exact) mass is 798 g/mol. The molecule has 4 amide bonds. The third-order valence-electron chi connectivity index (χ3n) is 10.4. The van der Waals surface area contributed by atoms with E-state index >= 15 is 0 Å². The number of hydrogen-bond donors (Lipinski definition) is 7. The molecule has 1 rings (SSSR count). The second-order valence-electron chi connectivity index (χ2n) is 16.4. The second kappa shape index (κ2) is 24.5. The van der Waals surface area contributed by atoms with Gasteiger partial charge in [0.05, 0.1) is 31.3 Å². The highest BCUT2D eigenvalue weighted by Gasteiger charge is 2.32. The molecular weight excluding hydrogens is 732 g/mol. The van der Waals surface area contributed by atoms with Crippen molar-refractivity contribution in [2.24, 2.45) is 23.2 Å². The molecule has 0 aromatic carbocycles. The molecule has 0 aliphatic heterocycles. The van der Waals surface area contributed by atoms with Gasteiger partial charge in [-0.05, 0) is 89.9 Å². The summed E-state index contributed by atoms with van der Waals surface area (Å²) < 4.78 is 11.5. The molecule has 1 aliphatic carbocycles. The van der Waals surface area contributed by atoms with Crippen LogP contribution in [-0.4, -0.2) is 113 Å². The predicted octanol–water partition coefficient (Wildman–Crippen LogP) is 2.82. The highest BCUT2D eigenvalue weighted by Crippen LogP contribution is 2.33. The van der Waals surface area contributed by atoms with Crippen LogP contribution in [0.4, 0.5) is 0 Å². The van der Waals surface area contributed by atoms with E-state index in [2.05, 4.69) is 21.3 Å². The van der Waals surface area contributed by atoms with E-state index in [-0.39, 0.29) is 81.5 Å². The van der Waals surface area contributed by atoms with Gasteiger partial charge in [-0.15, -0.1) is 0 Å². The lowest BCUT2D eigenvalue weighted by molar-refractivity contribution is -0.143. The zero-order chi connectivity index (χ0) is 42.6. The quantitative estimate of drug-likeness (QED) is 0.0563. The van der Waals surface area contributed by atoms with Crippen LogP contribution in [0.2, 0.25) is 0 Å². The number of Topliss-reactive ketones (excluding diaryl/α,β-unsaturated/α-hetero) is 1. The maximum absolute atomic E-state index is 13.0. The predicted molar refractivity (Wildman–Crippen MR) is 204 cm³/mol. The van der Waals surface area contributed by atoms with Crippen molar-refractivity contribution in [3.63, 3.8) is 0 Å². The first-order valence-electron chi connectivity index (χ1n) is 19.6. The number of ketones is 1. The number of carboxylic acids is 3. The second-order valence-corrected chi connectivity index (χ2v) is 16.4. The molecule has 1 aliphatic rings. The molecule has 1 saturated carbocycles.